The summed E-state index contributed by atoms with van der Waals surface area (Å²) in [6.45, 7) is 0. The van der Waals surface area contributed by atoms with Crippen molar-refractivity contribution in [3.05, 3.63) is 98.0 Å². The molecule has 134 valence electrons. The van der Waals surface area contributed by atoms with Crippen molar-refractivity contribution in [1.82, 2.24) is 0 Å². The van der Waals surface area contributed by atoms with Gasteiger partial charge in [-0.3, -0.25) is 10.1 Å². The molecule has 0 aliphatic rings. The minimum atomic E-state index is -0.581. The zero-order valence-corrected chi connectivity index (χ0v) is 15.4. The first-order chi connectivity index (χ1) is 13.0. The van der Waals surface area contributed by atoms with E-state index >= 15 is 0 Å². The van der Waals surface area contributed by atoms with Crippen molar-refractivity contribution in [3.8, 4) is 6.07 Å². The monoisotopic (exact) mass is 397 g/mol. The van der Waals surface area contributed by atoms with E-state index in [1.165, 1.54) is 6.07 Å². The summed E-state index contributed by atoms with van der Waals surface area (Å²) in [5.74, 6) is -0.581. The van der Waals surface area contributed by atoms with Gasteiger partial charge < -0.3 is 5.32 Å². The van der Waals surface area contributed by atoms with Gasteiger partial charge in [0.05, 0.1) is 16.9 Å². The predicted molar refractivity (Wildman–Crippen MR) is 107 cm³/mol. The van der Waals surface area contributed by atoms with Crippen molar-refractivity contribution in [3.63, 3.8) is 0 Å². The van der Waals surface area contributed by atoms with Crippen molar-refractivity contribution < 1.29 is 4.92 Å². The summed E-state index contributed by atoms with van der Waals surface area (Å²) in [5, 5.41) is 25.1. The van der Waals surface area contributed by atoms with Gasteiger partial charge in [-0.1, -0.05) is 47.5 Å². The number of nitrogens with one attached hydrogen (secondary N) is 1. The number of halogens is 2. The molecule has 0 bridgehead atoms. The molecule has 1 atom stereocenters. The SMILES string of the molecule is N#CC(c1ccc(Cl)cc1)c1ccc([N+](=O)[O-])c(Nc2cccc(Cl)c2)c1. The molecule has 3 aromatic rings. The molecule has 0 fully saturated rings. The molecule has 0 aliphatic heterocycles. The lowest BCUT2D eigenvalue weighted by Crippen LogP contribution is -2.02. The van der Waals surface area contributed by atoms with Crippen LogP contribution in [0, 0.1) is 21.4 Å². The van der Waals surface area contributed by atoms with Gasteiger partial charge in [-0.05, 0) is 47.5 Å². The second-order valence-electron chi connectivity index (χ2n) is 5.78. The van der Waals surface area contributed by atoms with Crippen LogP contribution in [-0.2, 0) is 0 Å². The molecule has 1 unspecified atom stereocenters. The minimum absolute atomic E-state index is 0.0912. The molecule has 0 amide bonds. The molecule has 1 N–H and O–H groups in total. The van der Waals surface area contributed by atoms with E-state index in [0.29, 0.717) is 21.3 Å². The van der Waals surface area contributed by atoms with E-state index in [4.69, 9.17) is 23.2 Å². The number of nitro benzene ring substituents is 1. The molecule has 3 aromatic carbocycles. The van der Waals surface area contributed by atoms with Crippen LogP contribution < -0.4 is 5.32 Å². The normalized spacial score (nSPS) is 11.4. The van der Waals surface area contributed by atoms with Crippen LogP contribution in [0.15, 0.2) is 66.7 Å². The standard InChI is InChI=1S/C20H13Cl2N3O2/c21-15-7-4-13(5-8-15)18(12-23)14-6-9-20(25(26)27)19(10-14)24-17-3-1-2-16(22)11-17/h1-11,18,24H. The first-order valence-corrected chi connectivity index (χ1v) is 8.69. The van der Waals surface area contributed by atoms with E-state index in [9.17, 15) is 15.4 Å². The third-order valence-electron chi connectivity index (χ3n) is 3.99. The Hall–Kier alpha value is -3.07. The Labute approximate surface area is 165 Å². The number of nitro groups is 1. The molecule has 0 heterocycles. The minimum Gasteiger partial charge on any atom is -0.350 e. The molecule has 0 radical (unpaired) electrons. The topological polar surface area (TPSA) is 79.0 Å². The molecule has 5 nitrogen and oxygen atoms in total. The zero-order valence-electron chi connectivity index (χ0n) is 13.9. The summed E-state index contributed by atoms with van der Waals surface area (Å²) in [6, 6.07) is 20.6. The fourth-order valence-corrected chi connectivity index (χ4v) is 3.03. The lowest BCUT2D eigenvalue weighted by molar-refractivity contribution is -0.383. The summed E-state index contributed by atoms with van der Waals surface area (Å²) in [7, 11) is 0. The Morgan fingerprint density at radius 2 is 1.67 bits per heavy atom. The van der Waals surface area contributed by atoms with E-state index in [0.717, 1.165) is 5.56 Å². The van der Waals surface area contributed by atoms with Crippen molar-refractivity contribution in [1.29, 1.82) is 5.26 Å². The van der Waals surface area contributed by atoms with Gasteiger partial charge in [0, 0.05) is 21.8 Å². The van der Waals surface area contributed by atoms with Crippen molar-refractivity contribution >= 4 is 40.3 Å². The van der Waals surface area contributed by atoms with Gasteiger partial charge in [0.1, 0.15) is 5.69 Å². The van der Waals surface area contributed by atoms with Gasteiger partial charge in [-0.25, -0.2) is 0 Å². The number of benzene rings is 3. The lowest BCUT2D eigenvalue weighted by atomic mass is 9.92. The van der Waals surface area contributed by atoms with Crippen LogP contribution in [0.4, 0.5) is 17.1 Å². The summed E-state index contributed by atoms with van der Waals surface area (Å²) < 4.78 is 0. The number of hydrogen-bond donors (Lipinski definition) is 1. The van der Waals surface area contributed by atoms with Crippen molar-refractivity contribution in [2.45, 2.75) is 5.92 Å². The Bertz CT molecular complexity index is 1030. The van der Waals surface area contributed by atoms with Crippen LogP contribution in [0.25, 0.3) is 0 Å². The highest BCUT2D eigenvalue weighted by Crippen LogP contribution is 2.34. The maximum atomic E-state index is 11.4. The van der Waals surface area contributed by atoms with Crippen LogP contribution >= 0.6 is 23.2 Å². The average Bonchev–Trinajstić information content (AvgIpc) is 2.64. The highest BCUT2D eigenvalue weighted by Gasteiger charge is 2.20. The number of nitriles is 1. The molecule has 27 heavy (non-hydrogen) atoms. The molecule has 0 aromatic heterocycles. The lowest BCUT2D eigenvalue weighted by Gasteiger charge is -2.13. The first-order valence-electron chi connectivity index (χ1n) is 7.94. The van der Waals surface area contributed by atoms with Gasteiger partial charge in [0.25, 0.3) is 5.69 Å². The molecule has 0 saturated heterocycles. The fourth-order valence-electron chi connectivity index (χ4n) is 2.71. The van der Waals surface area contributed by atoms with Crippen LogP contribution in [0.2, 0.25) is 10.0 Å². The number of hydrogen-bond acceptors (Lipinski definition) is 4. The van der Waals surface area contributed by atoms with Gasteiger partial charge >= 0.3 is 0 Å². The zero-order chi connectivity index (χ0) is 19.4. The maximum Gasteiger partial charge on any atom is 0.292 e. The van der Waals surface area contributed by atoms with Crippen molar-refractivity contribution in [2.75, 3.05) is 5.32 Å². The van der Waals surface area contributed by atoms with E-state index in [-0.39, 0.29) is 11.4 Å². The Balaban J connectivity index is 2.03. The third kappa shape index (κ3) is 4.37. The predicted octanol–water partition coefficient (Wildman–Crippen LogP) is 6.30. The van der Waals surface area contributed by atoms with E-state index < -0.39 is 10.8 Å². The highest BCUT2D eigenvalue weighted by atomic mass is 35.5. The average molecular weight is 398 g/mol. The molecule has 0 saturated carbocycles. The van der Waals surface area contributed by atoms with E-state index in [1.54, 1.807) is 60.7 Å². The first kappa shape index (κ1) is 18.7. The molecule has 3 rings (SSSR count). The largest absolute Gasteiger partial charge is 0.350 e. The van der Waals surface area contributed by atoms with Crippen LogP contribution in [0.3, 0.4) is 0 Å². The van der Waals surface area contributed by atoms with Crippen LogP contribution in [-0.4, -0.2) is 4.92 Å². The second kappa shape index (κ2) is 8.09. The summed E-state index contributed by atoms with van der Waals surface area (Å²) in [5.41, 5.74) is 2.20. The Morgan fingerprint density at radius 3 is 2.30 bits per heavy atom. The van der Waals surface area contributed by atoms with Crippen LogP contribution in [0.1, 0.15) is 17.0 Å². The molecule has 7 heteroatoms. The Morgan fingerprint density at radius 1 is 0.963 bits per heavy atom. The number of anilines is 2. The molecular weight excluding hydrogens is 385 g/mol. The summed E-state index contributed by atoms with van der Waals surface area (Å²) in [4.78, 5) is 10.9. The number of nitrogens with zero attached hydrogens (tertiary/aromatic N) is 2. The quantitative estimate of drug-likeness (QED) is 0.404. The highest BCUT2D eigenvalue weighted by molar-refractivity contribution is 6.31. The Kier molecular flexibility index (Phi) is 5.60. The summed E-state index contributed by atoms with van der Waals surface area (Å²) in [6.07, 6.45) is 0. The van der Waals surface area contributed by atoms with Gasteiger partial charge in [0.2, 0.25) is 0 Å². The fraction of sp³-hybridized carbons (Fsp3) is 0.0500. The molecule has 0 spiro atoms. The van der Waals surface area contributed by atoms with Gasteiger partial charge in [-0.15, -0.1) is 0 Å². The third-order valence-corrected chi connectivity index (χ3v) is 4.47. The van der Waals surface area contributed by atoms with Crippen LogP contribution in [0.5, 0.6) is 0 Å². The van der Waals surface area contributed by atoms with Crippen molar-refractivity contribution in [2.24, 2.45) is 0 Å². The summed E-state index contributed by atoms with van der Waals surface area (Å²) >= 11 is 11.9. The van der Waals surface area contributed by atoms with E-state index in [1.807, 2.05) is 0 Å². The smallest absolute Gasteiger partial charge is 0.292 e. The second-order valence-corrected chi connectivity index (χ2v) is 6.66. The van der Waals surface area contributed by atoms with Gasteiger partial charge in [0.15, 0.2) is 0 Å². The van der Waals surface area contributed by atoms with Gasteiger partial charge in [-0.2, -0.15) is 5.26 Å². The molecular formula is C20H13Cl2N3O2. The molecule has 0 aliphatic carbocycles. The maximum absolute atomic E-state index is 11.4. The number of rotatable bonds is 5. The van der Waals surface area contributed by atoms with E-state index in [2.05, 4.69) is 11.4 Å².